The average Bonchev–Trinajstić information content (AvgIpc) is 3.48. The fourth-order valence-electron chi connectivity index (χ4n) is 4.53. The molecule has 0 radical (unpaired) electrons. The van der Waals surface area contributed by atoms with Crippen LogP contribution in [0.15, 0.2) is 86.6 Å². The van der Waals surface area contributed by atoms with Crippen LogP contribution >= 0.6 is 27.5 Å². The normalized spacial score (nSPS) is 11.5. The third-order valence-electron chi connectivity index (χ3n) is 6.49. The first kappa shape index (κ1) is 28.6. The molecule has 12 heteroatoms. The quantitative estimate of drug-likeness (QED) is 0.218. The molecule has 2 aromatic heterocycles. The first-order chi connectivity index (χ1) is 19.6. The van der Waals surface area contributed by atoms with Crippen molar-refractivity contribution in [1.82, 2.24) is 19.6 Å². The summed E-state index contributed by atoms with van der Waals surface area (Å²) in [4.78, 5) is 30.0. The van der Waals surface area contributed by atoms with E-state index in [-0.39, 0.29) is 27.2 Å². The van der Waals surface area contributed by atoms with Crippen molar-refractivity contribution in [3.05, 3.63) is 105 Å². The molecule has 0 aliphatic carbocycles. The summed E-state index contributed by atoms with van der Waals surface area (Å²) in [6, 6.07) is 19.8. The molecule has 0 atom stereocenters. The van der Waals surface area contributed by atoms with E-state index in [1.165, 1.54) is 25.2 Å². The van der Waals surface area contributed by atoms with Crippen molar-refractivity contribution in [2.24, 2.45) is 0 Å². The Kier molecular flexibility index (Phi) is 8.03. The molecule has 0 saturated heterocycles. The average molecular weight is 656 g/mol. The number of aryl methyl sites for hydroxylation is 1. The molecule has 5 rings (SSSR count). The fourth-order valence-corrected chi connectivity index (χ4v) is 6.40. The molecule has 0 unspecified atom stereocenters. The van der Waals surface area contributed by atoms with Gasteiger partial charge >= 0.3 is 0 Å². The van der Waals surface area contributed by atoms with Crippen molar-refractivity contribution >= 4 is 60.3 Å². The number of furan rings is 1. The maximum atomic E-state index is 13.2. The van der Waals surface area contributed by atoms with E-state index in [0.29, 0.717) is 40.2 Å². The molecule has 41 heavy (non-hydrogen) atoms. The van der Waals surface area contributed by atoms with E-state index in [1.807, 2.05) is 19.1 Å². The Morgan fingerprint density at radius 3 is 2.44 bits per heavy atom. The maximum Gasteiger partial charge on any atom is 0.270 e. The van der Waals surface area contributed by atoms with Gasteiger partial charge in [-0.15, -0.1) is 0 Å². The molecular formula is C29H24BrClN4O5S. The largest absolute Gasteiger partial charge is 0.455 e. The molecular weight excluding hydrogens is 632 g/mol. The summed E-state index contributed by atoms with van der Waals surface area (Å²) in [6.07, 6.45) is 0.581. The molecule has 0 aliphatic rings. The summed E-state index contributed by atoms with van der Waals surface area (Å²) >= 11 is 9.91. The van der Waals surface area contributed by atoms with Gasteiger partial charge in [0.05, 0.1) is 14.9 Å². The van der Waals surface area contributed by atoms with Crippen molar-refractivity contribution in [3.63, 3.8) is 0 Å². The molecule has 2 heterocycles. The molecule has 2 N–H and O–H groups in total. The lowest BCUT2D eigenvalue weighted by atomic mass is 10.0. The van der Waals surface area contributed by atoms with Crippen LogP contribution in [-0.4, -0.2) is 36.8 Å². The second-order valence-corrected chi connectivity index (χ2v) is 11.9. The summed E-state index contributed by atoms with van der Waals surface area (Å²) in [6.45, 7) is 2.27. The number of sulfonamides is 1. The topological polar surface area (TPSA) is 123 Å². The first-order valence-corrected chi connectivity index (χ1v) is 15.2. The summed E-state index contributed by atoms with van der Waals surface area (Å²) in [5.74, 6) is -0.0838. The number of amides is 2. The Hall–Kier alpha value is -3.93. The third kappa shape index (κ3) is 5.52. The number of hydrogen-bond donors (Lipinski definition) is 2. The molecule has 0 fully saturated rings. The Balaban J connectivity index is 1.51. The molecule has 3 aromatic carbocycles. The second-order valence-electron chi connectivity index (χ2n) is 9.06. The minimum Gasteiger partial charge on any atom is -0.455 e. The number of carbonyl (C=O) groups excluding carboxylic acids is 2. The van der Waals surface area contributed by atoms with Gasteiger partial charge < -0.3 is 14.3 Å². The van der Waals surface area contributed by atoms with E-state index >= 15 is 0 Å². The Bertz CT molecular complexity index is 1900. The van der Waals surface area contributed by atoms with Crippen LogP contribution in [0, 0.1) is 0 Å². The van der Waals surface area contributed by atoms with Gasteiger partial charge in [0.2, 0.25) is 0 Å². The highest BCUT2D eigenvalue weighted by Gasteiger charge is 2.25. The second kappa shape index (κ2) is 11.5. The van der Waals surface area contributed by atoms with E-state index < -0.39 is 15.9 Å². The van der Waals surface area contributed by atoms with Crippen molar-refractivity contribution in [1.29, 1.82) is 0 Å². The summed E-state index contributed by atoms with van der Waals surface area (Å²) in [5.41, 5.74) is 2.23. The Morgan fingerprint density at radius 2 is 1.73 bits per heavy atom. The number of hydrogen-bond acceptors (Lipinski definition) is 6. The number of fused-ring (bicyclic) bond motifs is 1. The minimum atomic E-state index is -4.08. The van der Waals surface area contributed by atoms with Gasteiger partial charge in [0.25, 0.3) is 21.8 Å². The summed E-state index contributed by atoms with van der Waals surface area (Å²) in [5, 5.41) is 3.48. The molecule has 0 saturated carbocycles. The van der Waals surface area contributed by atoms with E-state index in [4.69, 9.17) is 16.0 Å². The zero-order valence-electron chi connectivity index (χ0n) is 21.9. The molecule has 9 nitrogen and oxygen atoms in total. The van der Waals surface area contributed by atoms with Crippen LogP contribution in [0.1, 0.15) is 39.2 Å². The number of carbonyl (C=O) groups is 2. The van der Waals surface area contributed by atoms with Crippen LogP contribution < -0.4 is 10.0 Å². The molecule has 210 valence electrons. The molecule has 0 bridgehead atoms. The molecule has 0 aliphatic heterocycles. The number of imidazole rings is 1. The van der Waals surface area contributed by atoms with Crippen LogP contribution in [0.5, 0.6) is 0 Å². The van der Waals surface area contributed by atoms with Crippen molar-refractivity contribution < 1.29 is 22.4 Å². The van der Waals surface area contributed by atoms with Gasteiger partial charge in [-0.1, -0.05) is 61.0 Å². The number of halogens is 2. The molecule has 5 aromatic rings. The third-order valence-corrected chi connectivity index (χ3v) is 8.89. The predicted octanol–water partition coefficient (Wildman–Crippen LogP) is 5.80. The van der Waals surface area contributed by atoms with Gasteiger partial charge in [-0.25, -0.2) is 18.1 Å². The van der Waals surface area contributed by atoms with Gasteiger partial charge in [0.15, 0.2) is 5.15 Å². The van der Waals surface area contributed by atoms with Gasteiger partial charge in [0, 0.05) is 31.0 Å². The van der Waals surface area contributed by atoms with Crippen molar-refractivity contribution in [3.8, 4) is 11.3 Å². The molecule has 0 spiro atoms. The van der Waals surface area contributed by atoms with Gasteiger partial charge in [-0.2, -0.15) is 0 Å². The smallest absolute Gasteiger partial charge is 0.270 e. The Labute approximate surface area is 249 Å². The standard InChI is InChI=1S/C29H24BrClN4O5S/c1-3-23-33-27(31)25(29(37)32-2)35(23)16-17-13-14-22-21(15-17)24(30)26(40-22)19-11-7-8-12-20(19)28(36)34-41(38,39)18-9-5-4-6-10-18/h4-15H,3,16H2,1-2H3,(H,32,37)(H,34,36). The number of rotatable bonds is 8. The van der Waals surface area contributed by atoms with Gasteiger partial charge in [-0.05, 0) is 51.8 Å². The van der Waals surface area contributed by atoms with Crippen LogP contribution in [0.4, 0.5) is 0 Å². The van der Waals surface area contributed by atoms with E-state index in [9.17, 15) is 18.0 Å². The van der Waals surface area contributed by atoms with Crippen molar-refractivity contribution in [2.45, 2.75) is 24.8 Å². The van der Waals surface area contributed by atoms with E-state index in [2.05, 4.69) is 31.0 Å². The Morgan fingerprint density at radius 1 is 1.02 bits per heavy atom. The zero-order valence-corrected chi connectivity index (χ0v) is 25.1. The molecule has 2 amide bonds. The number of nitrogens with one attached hydrogen (secondary N) is 2. The van der Waals surface area contributed by atoms with Crippen LogP contribution in [0.2, 0.25) is 5.15 Å². The summed E-state index contributed by atoms with van der Waals surface area (Å²) in [7, 11) is -2.54. The first-order valence-electron chi connectivity index (χ1n) is 12.5. The van der Waals surface area contributed by atoms with E-state index in [1.54, 1.807) is 47.0 Å². The minimum absolute atomic E-state index is 0.0201. The fraction of sp³-hybridized carbons (Fsp3) is 0.138. The van der Waals surface area contributed by atoms with Gasteiger partial charge in [0.1, 0.15) is 22.9 Å². The lowest BCUT2D eigenvalue weighted by Crippen LogP contribution is -2.30. The highest BCUT2D eigenvalue weighted by molar-refractivity contribution is 9.10. The number of aromatic nitrogens is 2. The predicted molar refractivity (Wildman–Crippen MR) is 160 cm³/mol. The lowest BCUT2D eigenvalue weighted by Gasteiger charge is -2.11. The number of benzene rings is 3. The lowest BCUT2D eigenvalue weighted by molar-refractivity contribution is 0.0951. The highest BCUT2D eigenvalue weighted by atomic mass is 79.9. The van der Waals surface area contributed by atoms with Gasteiger partial charge in [-0.3, -0.25) is 9.59 Å². The van der Waals surface area contributed by atoms with Crippen LogP contribution in [0.3, 0.4) is 0 Å². The monoisotopic (exact) mass is 654 g/mol. The van der Waals surface area contributed by atoms with Crippen LogP contribution in [0.25, 0.3) is 22.3 Å². The zero-order chi connectivity index (χ0) is 29.3. The van der Waals surface area contributed by atoms with Crippen molar-refractivity contribution in [2.75, 3.05) is 7.05 Å². The SMILES string of the molecule is CCc1nc(Cl)c(C(=O)NC)n1Cc1ccc2oc(-c3ccccc3C(=O)NS(=O)(=O)c3ccccc3)c(Br)c2c1. The maximum absolute atomic E-state index is 13.2. The number of nitrogens with zero attached hydrogens (tertiary/aromatic N) is 2. The summed E-state index contributed by atoms with van der Waals surface area (Å²) < 4.78 is 36.2. The van der Waals surface area contributed by atoms with Crippen LogP contribution in [-0.2, 0) is 23.0 Å². The van der Waals surface area contributed by atoms with E-state index in [0.717, 1.165) is 10.9 Å². The highest BCUT2D eigenvalue weighted by Crippen LogP contribution is 2.39.